The van der Waals surface area contributed by atoms with Crippen LogP contribution in [0.5, 0.6) is 0 Å². The van der Waals surface area contributed by atoms with Crippen molar-refractivity contribution in [1.82, 2.24) is 14.8 Å². The van der Waals surface area contributed by atoms with Crippen LogP contribution in [-0.2, 0) is 4.79 Å². The quantitative estimate of drug-likeness (QED) is 0.670. The van der Waals surface area contributed by atoms with Crippen molar-refractivity contribution in [2.45, 2.75) is 23.5 Å². The monoisotopic (exact) mass is 447 g/mol. The molecule has 27 heavy (non-hydrogen) atoms. The fourth-order valence-corrected chi connectivity index (χ4v) is 4.26. The molecular weight excluding hydrogens is 426 g/mol. The molecule has 1 aliphatic heterocycles. The Kier molecular flexibility index (Phi) is 6.90. The molecule has 0 spiro atoms. The van der Waals surface area contributed by atoms with Crippen molar-refractivity contribution >= 4 is 39.5 Å². The molecule has 0 aliphatic carbocycles. The molecule has 7 heteroatoms. The van der Waals surface area contributed by atoms with Gasteiger partial charge in [-0.1, -0.05) is 15.9 Å². The third-order valence-electron chi connectivity index (χ3n) is 4.50. The van der Waals surface area contributed by atoms with Crippen molar-refractivity contribution in [3.05, 3.63) is 58.8 Å². The van der Waals surface area contributed by atoms with Crippen LogP contribution in [0, 0.1) is 0 Å². The zero-order valence-corrected chi connectivity index (χ0v) is 17.6. The molecule has 1 unspecified atom stereocenters. The van der Waals surface area contributed by atoms with Gasteiger partial charge in [0.15, 0.2) is 0 Å². The Bertz CT molecular complexity index is 786. The number of amides is 2. The van der Waals surface area contributed by atoms with E-state index in [4.69, 9.17) is 0 Å². The lowest BCUT2D eigenvalue weighted by atomic mass is 10.2. The van der Waals surface area contributed by atoms with Gasteiger partial charge in [-0.25, -0.2) is 0 Å². The summed E-state index contributed by atoms with van der Waals surface area (Å²) in [7, 11) is 0. The standard InChI is InChI=1S/C20H22BrN3O2S/c1-15(27-18-5-3-17(21)4-6-18)19(25)23-11-2-12-24(14-13-23)20(26)16-7-9-22-10-8-16/h3-10,15H,2,11-14H2,1H3. The van der Waals surface area contributed by atoms with E-state index in [0.29, 0.717) is 31.7 Å². The van der Waals surface area contributed by atoms with Crippen LogP contribution in [0.2, 0.25) is 0 Å². The number of pyridine rings is 1. The zero-order valence-electron chi connectivity index (χ0n) is 15.2. The number of hydrogen-bond acceptors (Lipinski definition) is 4. The summed E-state index contributed by atoms with van der Waals surface area (Å²) in [5, 5.41) is -0.159. The number of carbonyl (C=O) groups excluding carboxylic acids is 2. The maximum Gasteiger partial charge on any atom is 0.254 e. The van der Waals surface area contributed by atoms with Crippen LogP contribution in [0.25, 0.3) is 0 Å². The van der Waals surface area contributed by atoms with E-state index in [1.54, 1.807) is 36.3 Å². The summed E-state index contributed by atoms with van der Waals surface area (Å²) < 4.78 is 1.03. The van der Waals surface area contributed by atoms with Crippen LogP contribution in [0.4, 0.5) is 0 Å². The lowest BCUT2D eigenvalue weighted by molar-refractivity contribution is -0.130. The van der Waals surface area contributed by atoms with Gasteiger partial charge in [-0.05, 0) is 49.7 Å². The van der Waals surface area contributed by atoms with Gasteiger partial charge in [0, 0.05) is 53.5 Å². The second-order valence-electron chi connectivity index (χ2n) is 6.42. The van der Waals surface area contributed by atoms with E-state index in [2.05, 4.69) is 20.9 Å². The highest BCUT2D eigenvalue weighted by Crippen LogP contribution is 2.26. The second kappa shape index (κ2) is 9.37. The van der Waals surface area contributed by atoms with Gasteiger partial charge in [-0.2, -0.15) is 0 Å². The van der Waals surface area contributed by atoms with Gasteiger partial charge in [0.05, 0.1) is 5.25 Å². The predicted octanol–water partition coefficient (Wildman–Crippen LogP) is 3.70. The van der Waals surface area contributed by atoms with Gasteiger partial charge < -0.3 is 9.80 Å². The summed E-state index contributed by atoms with van der Waals surface area (Å²) in [4.78, 5) is 34.2. The zero-order chi connectivity index (χ0) is 19.2. The first kappa shape index (κ1) is 19.9. The lowest BCUT2D eigenvalue weighted by Crippen LogP contribution is -2.40. The van der Waals surface area contributed by atoms with Gasteiger partial charge >= 0.3 is 0 Å². The summed E-state index contributed by atoms with van der Waals surface area (Å²) >= 11 is 4.99. The van der Waals surface area contributed by atoms with Crippen LogP contribution < -0.4 is 0 Å². The van der Waals surface area contributed by atoms with Gasteiger partial charge in [0.2, 0.25) is 5.91 Å². The first-order valence-corrected chi connectivity index (χ1v) is 10.6. The van der Waals surface area contributed by atoms with Crippen molar-refractivity contribution in [1.29, 1.82) is 0 Å². The van der Waals surface area contributed by atoms with E-state index in [0.717, 1.165) is 15.8 Å². The Morgan fingerprint density at radius 1 is 1.00 bits per heavy atom. The highest BCUT2D eigenvalue weighted by Gasteiger charge is 2.26. The van der Waals surface area contributed by atoms with Crippen molar-refractivity contribution < 1.29 is 9.59 Å². The van der Waals surface area contributed by atoms with E-state index in [1.165, 1.54) is 0 Å². The normalized spacial score (nSPS) is 15.9. The fourth-order valence-electron chi connectivity index (χ4n) is 3.04. The number of halogens is 1. The molecule has 3 rings (SSSR count). The molecule has 0 radical (unpaired) electrons. The molecule has 1 aromatic heterocycles. The van der Waals surface area contributed by atoms with Gasteiger partial charge in [-0.15, -0.1) is 11.8 Å². The van der Waals surface area contributed by atoms with Gasteiger partial charge in [0.1, 0.15) is 0 Å². The molecule has 1 fully saturated rings. The third-order valence-corrected chi connectivity index (χ3v) is 6.12. The third kappa shape index (κ3) is 5.32. The van der Waals surface area contributed by atoms with Crippen LogP contribution in [0.1, 0.15) is 23.7 Å². The molecule has 1 atom stereocenters. The molecule has 1 aromatic carbocycles. The maximum atomic E-state index is 12.9. The molecule has 5 nitrogen and oxygen atoms in total. The molecule has 1 aliphatic rings. The molecule has 2 amide bonds. The molecule has 142 valence electrons. The predicted molar refractivity (Wildman–Crippen MR) is 111 cm³/mol. The van der Waals surface area contributed by atoms with Crippen LogP contribution >= 0.6 is 27.7 Å². The van der Waals surface area contributed by atoms with E-state index in [1.807, 2.05) is 41.0 Å². The topological polar surface area (TPSA) is 53.5 Å². The largest absolute Gasteiger partial charge is 0.340 e. The Hall–Kier alpha value is -1.86. The maximum absolute atomic E-state index is 12.9. The molecule has 1 saturated heterocycles. The number of rotatable bonds is 4. The number of hydrogen-bond donors (Lipinski definition) is 0. The van der Waals surface area contributed by atoms with Gasteiger partial charge in [-0.3, -0.25) is 14.6 Å². The number of carbonyl (C=O) groups is 2. The average Bonchev–Trinajstić information content (AvgIpc) is 2.95. The summed E-state index contributed by atoms with van der Waals surface area (Å²) in [5.74, 6) is 0.130. The molecule has 0 bridgehead atoms. The molecule has 2 heterocycles. The highest BCUT2D eigenvalue weighted by molar-refractivity contribution is 9.10. The van der Waals surface area contributed by atoms with E-state index in [-0.39, 0.29) is 17.1 Å². The number of nitrogens with zero attached hydrogens (tertiary/aromatic N) is 3. The van der Waals surface area contributed by atoms with Crippen LogP contribution in [-0.4, -0.2) is 58.0 Å². The van der Waals surface area contributed by atoms with Crippen molar-refractivity contribution in [3.63, 3.8) is 0 Å². The minimum atomic E-state index is -0.159. The lowest BCUT2D eigenvalue weighted by Gasteiger charge is -2.24. The summed E-state index contributed by atoms with van der Waals surface area (Å²) in [6.07, 6.45) is 4.04. The molecule has 0 N–H and O–H groups in total. The summed E-state index contributed by atoms with van der Waals surface area (Å²) in [6, 6.07) is 11.4. The highest BCUT2D eigenvalue weighted by atomic mass is 79.9. The Morgan fingerprint density at radius 2 is 1.63 bits per heavy atom. The Morgan fingerprint density at radius 3 is 2.33 bits per heavy atom. The first-order chi connectivity index (χ1) is 13.0. The first-order valence-electron chi connectivity index (χ1n) is 8.95. The minimum Gasteiger partial charge on any atom is -0.340 e. The smallest absolute Gasteiger partial charge is 0.254 e. The Balaban J connectivity index is 1.57. The molecule has 0 saturated carbocycles. The number of aromatic nitrogens is 1. The fraction of sp³-hybridized carbons (Fsp3) is 0.350. The number of thioether (sulfide) groups is 1. The van der Waals surface area contributed by atoms with Crippen LogP contribution in [0.15, 0.2) is 58.2 Å². The number of benzene rings is 1. The van der Waals surface area contributed by atoms with E-state index in [9.17, 15) is 9.59 Å². The second-order valence-corrected chi connectivity index (χ2v) is 8.75. The van der Waals surface area contributed by atoms with Crippen molar-refractivity contribution in [2.75, 3.05) is 26.2 Å². The average molecular weight is 448 g/mol. The SMILES string of the molecule is CC(Sc1ccc(Br)cc1)C(=O)N1CCCN(C(=O)c2ccncc2)CC1. The minimum absolute atomic E-state index is 0.00369. The van der Waals surface area contributed by atoms with Gasteiger partial charge in [0.25, 0.3) is 5.91 Å². The summed E-state index contributed by atoms with van der Waals surface area (Å²) in [6.45, 7) is 4.42. The van der Waals surface area contributed by atoms with Crippen molar-refractivity contribution in [3.8, 4) is 0 Å². The van der Waals surface area contributed by atoms with E-state index < -0.39 is 0 Å². The Labute approximate surface area is 172 Å². The van der Waals surface area contributed by atoms with E-state index >= 15 is 0 Å². The molecular formula is C20H22BrN3O2S. The molecule has 2 aromatic rings. The summed E-state index contributed by atoms with van der Waals surface area (Å²) in [5.41, 5.74) is 0.643. The van der Waals surface area contributed by atoms with Crippen molar-refractivity contribution in [2.24, 2.45) is 0 Å². The van der Waals surface area contributed by atoms with Crippen LogP contribution in [0.3, 0.4) is 0 Å².